The Morgan fingerprint density at radius 3 is 2.75 bits per heavy atom. The summed E-state index contributed by atoms with van der Waals surface area (Å²) >= 11 is 0. The predicted molar refractivity (Wildman–Crippen MR) is 81.6 cm³/mol. The number of nitrogens with two attached hydrogens (primary N) is 1. The molecule has 3 rings (SSSR count). The van der Waals surface area contributed by atoms with Gasteiger partial charge in [-0.15, -0.1) is 0 Å². The lowest BCUT2D eigenvalue weighted by Gasteiger charge is -2.37. The topological polar surface area (TPSA) is 32.5 Å². The Kier molecular flexibility index (Phi) is 3.22. The molecule has 0 amide bonds. The SMILES string of the molecule is CN1CCN(Cc2cccc(N)c2)c2ccc(F)cc21. The summed E-state index contributed by atoms with van der Waals surface area (Å²) in [7, 11) is 2.00. The summed E-state index contributed by atoms with van der Waals surface area (Å²) < 4.78 is 13.4. The number of rotatable bonds is 2. The maximum absolute atomic E-state index is 13.4. The molecule has 0 fully saturated rings. The number of benzene rings is 2. The predicted octanol–water partition coefficient (Wildman–Crippen LogP) is 2.86. The van der Waals surface area contributed by atoms with Crippen molar-refractivity contribution in [2.45, 2.75) is 6.54 Å². The van der Waals surface area contributed by atoms with E-state index in [-0.39, 0.29) is 5.82 Å². The highest BCUT2D eigenvalue weighted by Gasteiger charge is 2.20. The van der Waals surface area contributed by atoms with E-state index in [2.05, 4.69) is 15.9 Å². The zero-order valence-corrected chi connectivity index (χ0v) is 11.5. The lowest BCUT2D eigenvalue weighted by atomic mass is 10.1. The van der Waals surface area contributed by atoms with Crippen LogP contribution < -0.4 is 15.5 Å². The maximum atomic E-state index is 13.4. The van der Waals surface area contributed by atoms with E-state index in [0.29, 0.717) is 0 Å². The van der Waals surface area contributed by atoms with Gasteiger partial charge in [-0.05, 0) is 35.9 Å². The minimum Gasteiger partial charge on any atom is -0.399 e. The minimum absolute atomic E-state index is 0.193. The van der Waals surface area contributed by atoms with E-state index < -0.39 is 0 Å². The van der Waals surface area contributed by atoms with Crippen LogP contribution in [-0.4, -0.2) is 20.1 Å². The zero-order valence-electron chi connectivity index (χ0n) is 11.5. The molecule has 0 atom stereocenters. The van der Waals surface area contributed by atoms with Crippen molar-refractivity contribution in [3.05, 3.63) is 53.8 Å². The van der Waals surface area contributed by atoms with Gasteiger partial charge >= 0.3 is 0 Å². The van der Waals surface area contributed by atoms with E-state index in [0.717, 1.165) is 36.7 Å². The fraction of sp³-hybridized carbons (Fsp3) is 0.250. The van der Waals surface area contributed by atoms with Crippen molar-refractivity contribution < 1.29 is 4.39 Å². The third-order valence-electron chi connectivity index (χ3n) is 3.72. The molecule has 0 saturated heterocycles. The summed E-state index contributed by atoms with van der Waals surface area (Å²) in [5.41, 5.74) is 9.79. The molecule has 0 saturated carbocycles. The van der Waals surface area contributed by atoms with Crippen LogP contribution in [0, 0.1) is 5.82 Å². The lowest BCUT2D eigenvalue weighted by molar-refractivity contribution is 0.624. The molecule has 20 heavy (non-hydrogen) atoms. The van der Waals surface area contributed by atoms with Crippen molar-refractivity contribution in [3.8, 4) is 0 Å². The second-order valence-corrected chi connectivity index (χ2v) is 5.22. The quantitative estimate of drug-likeness (QED) is 0.852. The van der Waals surface area contributed by atoms with Crippen molar-refractivity contribution in [2.24, 2.45) is 0 Å². The van der Waals surface area contributed by atoms with Crippen LogP contribution >= 0.6 is 0 Å². The van der Waals surface area contributed by atoms with Gasteiger partial charge in [0.25, 0.3) is 0 Å². The molecule has 0 radical (unpaired) electrons. The number of halogens is 1. The first-order valence-corrected chi connectivity index (χ1v) is 6.73. The van der Waals surface area contributed by atoms with Crippen LogP contribution in [0.5, 0.6) is 0 Å². The van der Waals surface area contributed by atoms with Gasteiger partial charge in [-0.25, -0.2) is 4.39 Å². The molecule has 0 spiro atoms. The van der Waals surface area contributed by atoms with Crippen molar-refractivity contribution in [1.82, 2.24) is 0 Å². The van der Waals surface area contributed by atoms with Gasteiger partial charge in [-0.2, -0.15) is 0 Å². The Morgan fingerprint density at radius 2 is 1.95 bits per heavy atom. The Balaban J connectivity index is 1.91. The molecule has 1 aliphatic heterocycles. The van der Waals surface area contributed by atoms with Crippen LogP contribution in [0.15, 0.2) is 42.5 Å². The Labute approximate surface area is 118 Å². The van der Waals surface area contributed by atoms with Gasteiger partial charge in [-0.1, -0.05) is 12.1 Å². The summed E-state index contributed by atoms with van der Waals surface area (Å²) in [6.07, 6.45) is 0. The summed E-state index contributed by atoms with van der Waals surface area (Å²) in [6.45, 7) is 2.60. The maximum Gasteiger partial charge on any atom is 0.125 e. The number of likely N-dealkylation sites (N-methyl/N-ethyl adjacent to an activating group) is 1. The van der Waals surface area contributed by atoms with Crippen LogP contribution in [0.3, 0.4) is 0 Å². The molecular weight excluding hydrogens is 253 g/mol. The zero-order chi connectivity index (χ0) is 14.1. The van der Waals surface area contributed by atoms with E-state index in [9.17, 15) is 4.39 Å². The van der Waals surface area contributed by atoms with Crippen LogP contribution in [-0.2, 0) is 6.54 Å². The Hall–Kier alpha value is -2.23. The van der Waals surface area contributed by atoms with Gasteiger partial charge in [0.2, 0.25) is 0 Å². The number of anilines is 3. The number of fused-ring (bicyclic) bond motifs is 1. The molecule has 0 unspecified atom stereocenters. The fourth-order valence-corrected chi connectivity index (χ4v) is 2.66. The number of nitrogen functional groups attached to an aromatic ring is 1. The van der Waals surface area contributed by atoms with Crippen LogP contribution in [0.2, 0.25) is 0 Å². The first-order valence-electron chi connectivity index (χ1n) is 6.73. The third kappa shape index (κ3) is 2.41. The smallest absolute Gasteiger partial charge is 0.125 e. The number of hydrogen-bond donors (Lipinski definition) is 1. The van der Waals surface area contributed by atoms with E-state index in [1.165, 1.54) is 11.6 Å². The van der Waals surface area contributed by atoms with Gasteiger partial charge in [0.15, 0.2) is 0 Å². The molecule has 2 aromatic carbocycles. The lowest BCUT2D eigenvalue weighted by Crippen LogP contribution is -2.38. The highest BCUT2D eigenvalue weighted by Crippen LogP contribution is 2.33. The van der Waals surface area contributed by atoms with Gasteiger partial charge in [0.1, 0.15) is 5.82 Å². The fourth-order valence-electron chi connectivity index (χ4n) is 2.66. The van der Waals surface area contributed by atoms with Crippen molar-refractivity contribution >= 4 is 17.1 Å². The van der Waals surface area contributed by atoms with E-state index in [1.54, 1.807) is 6.07 Å². The van der Waals surface area contributed by atoms with E-state index in [4.69, 9.17) is 5.73 Å². The molecule has 0 bridgehead atoms. The van der Waals surface area contributed by atoms with Crippen LogP contribution in [0.4, 0.5) is 21.5 Å². The molecule has 2 N–H and O–H groups in total. The monoisotopic (exact) mass is 271 g/mol. The second-order valence-electron chi connectivity index (χ2n) is 5.22. The normalized spacial score (nSPS) is 14.3. The summed E-state index contributed by atoms with van der Waals surface area (Å²) in [5, 5.41) is 0. The molecule has 0 aliphatic carbocycles. The molecule has 4 heteroatoms. The number of hydrogen-bond acceptors (Lipinski definition) is 3. The summed E-state index contributed by atoms with van der Waals surface area (Å²) in [4.78, 5) is 4.36. The van der Waals surface area contributed by atoms with Crippen LogP contribution in [0.1, 0.15) is 5.56 Å². The van der Waals surface area contributed by atoms with Crippen LogP contribution in [0.25, 0.3) is 0 Å². The highest BCUT2D eigenvalue weighted by molar-refractivity contribution is 5.73. The molecule has 2 aromatic rings. The van der Waals surface area contributed by atoms with Gasteiger partial charge in [-0.3, -0.25) is 0 Å². The summed E-state index contributed by atoms with van der Waals surface area (Å²) in [6, 6.07) is 12.9. The number of nitrogens with zero attached hydrogens (tertiary/aromatic N) is 2. The Bertz CT molecular complexity index is 627. The second kappa shape index (κ2) is 5.04. The molecule has 0 aromatic heterocycles. The van der Waals surface area contributed by atoms with Crippen molar-refractivity contribution in [1.29, 1.82) is 0 Å². The third-order valence-corrected chi connectivity index (χ3v) is 3.72. The van der Waals surface area contributed by atoms with Gasteiger partial charge in [0, 0.05) is 32.4 Å². The molecule has 3 nitrogen and oxygen atoms in total. The van der Waals surface area contributed by atoms with Gasteiger partial charge in [0.05, 0.1) is 11.4 Å². The molecule has 1 aliphatic rings. The van der Waals surface area contributed by atoms with Gasteiger partial charge < -0.3 is 15.5 Å². The highest BCUT2D eigenvalue weighted by atomic mass is 19.1. The first-order chi connectivity index (χ1) is 9.63. The molecule has 104 valence electrons. The standard InChI is InChI=1S/C16H18FN3/c1-19-7-8-20(11-12-3-2-4-14(18)9-12)15-6-5-13(17)10-16(15)19/h2-6,9-10H,7-8,11,18H2,1H3. The average molecular weight is 271 g/mol. The average Bonchev–Trinajstić information content (AvgIpc) is 2.42. The van der Waals surface area contributed by atoms with Crippen molar-refractivity contribution in [3.63, 3.8) is 0 Å². The minimum atomic E-state index is -0.193. The molecular formula is C16H18FN3. The largest absolute Gasteiger partial charge is 0.399 e. The van der Waals surface area contributed by atoms with E-state index in [1.807, 2.05) is 31.3 Å². The molecule has 1 heterocycles. The Morgan fingerprint density at radius 1 is 1.10 bits per heavy atom. The van der Waals surface area contributed by atoms with E-state index >= 15 is 0 Å². The first kappa shape index (κ1) is 12.8. The van der Waals surface area contributed by atoms with Crippen molar-refractivity contribution in [2.75, 3.05) is 35.7 Å². The summed E-state index contributed by atoms with van der Waals surface area (Å²) in [5.74, 6) is -0.193.